The zero-order valence-electron chi connectivity index (χ0n) is 9.41. The second kappa shape index (κ2) is 11.2. The minimum absolute atomic E-state index is 0. The van der Waals surface area contributed by atoms with Crippen molar-refractivity contribution in [1.82, 2.24) is 0 Å². The fourth-order valence-electron chi connectivity index (χ4n) is 0.691. The molecule has 11 nitrogen and oxygen atoms in total. The number of carboxylic acids is 3. The fraction of sp³-hybridized carbons (Fsp3) is 0.500. The first kappa shape index (κ1) is 27.8. The second-order valence-electron chi connectivity index (χ2n) is 2.84. The van der Waals surface area contributed by atoms with Gasteiger partial charge in [0.15, 0.2) is 5.60 Å². The van der Waals surface area contributed by atoms with Crippen LogP contribution < -0.4 is 10.2 Å². The van der Waals surface area contributed by atoms with Gasteiger partial charge in [-0.1, -0.05) is 0 Å². The van der Waals surface area contributed by atoms with Crippen LogP contribution in [0, 0.1) is 0 Å². The Kier molecular flexibility index (Phi) is 15.5. The van der Waals surface area contributed by atoms with Gasteiger partial charge < -0.3 is 39.1 Å². The Morgan fingerprint density at radius 2 is 1.20 bits per heavy atom. The monoisotopic (exact) mass is 368 g/mol. The quantitative estimate of drug-likeness (QED) is 0.264. The van der Waals surface area contributed by atoms with Gasteiger partial charge in [-0.25, -0.2) is 4.79 Å². The number of hydrogen-bond acceptors (Lipinski definition) is 10. The first-order valence-corrected chi connectivity index (χ1v) is 5.13. The zero-order chi connectivity index (χ0) is 15.1. The van der Waals surface area contributed by atoms with E-state index < -0.39 is 46.7 Å². The van der Waals surface area contributed by atoms with E-state index in [1.165, 1.54) is 0 Å². The summed E-state index contributed by atoms with van der Waals surface area (Å²) in [5.41, 5.74) is -2.86. The van der Waals surface area contributed by atoms with Crippen molar-refractivity contribution in [2.24, 2.45) is 0 Å². The third kappa shape index (κ3) is 19.8. The van der Waals surface area contributed by atoms with Gasteiger partial charge >= 0.3 is 45.5 Å². The summed E-state index contributed by atoms with van der Waals surface area (Å²) in [7, 11) is -5.17. The van der Waals surface area contributed by atoms with Crippen LogP contribution in [-0.4, -0.2) is 74.3 Å². The van der Waals surface area contributed by atoms with Crippen LogP contribution in [0.15, 0.2) is 0 Å². The van der Waals surface area contributed by atoms with Crippen LogP contribution >= 0.6 is 0 Å². The van der Waals surface area contributed by atoms with Crippen molar-refractivity contribution in [3.63, 3.8) is 0 Å². The van der Waals surface area contributed by atoms with Crippen molar-refractivity contribution >= 4 is 51.4 Å². The standard InChI is InChI=1S/C6H8O7.Mg.Ni.H2O4S/c7-3(8)1-6(13,5(11)12)2-4(9)10;;;1-5(2,3)4/h13H,1-2H2,(H,7,8)(H,9,10)(H,11,12);;;(H2,1,2,3,4)/q;2*+2;/p-4. The Morgan fingerprint density at radius 1 is 1.00 bits per heavy atom. The summed E-state index contributed by atoms with van der Waals surface area (Å²) < 4.78 is 34.1. The van der Waals surface area contributed by atoms with Crippen molar-refractivity contribution in [3.8, 4) is 0 Å². The molecule has 0 aliphatic heterocycles. The van der Waals surface area contributed by atoms with Crippen molar-refractivity contribution in [2.75, 3.05) is 0 Å². The molecule has 114 valence electrons. The van der Waals surface area contributed by atoms with Crippen molar-refractivity contribution in [2.45, 2.75) is 18.4 Å². The van der Waals surface area contributed by atoms with E-state index in [-0.39, 0.29) is 39.5 Å². The third-order valence-corrected chi connectivity index (χ3v) is 1.27. The van der Waals surface area contributed by atoms with E-state index in [4.69, 9.17) is 27.7 Å². The number of carboxylic acid groups (broad SMARTS) is 3. The summed E-state index contributed by atoms with van der Waals surface area (Å²) in [6, 6.07) is 0. The summed E-state index contributed by atoms with van der Waals surface area (Å²) in [5, 5.41) is 37.2. The molecule has 0 fully saturated rings. The van der Waals surface area contributed by atoms with Gasteiger partial charge in [-0.05, 0) is 0 Å². The Labute approximate surface area is 138 Å². The molecule has 0 aromatic heterocycles. The second-order valence-corrected chi connectivity index (χ2v) is 3.66. The van der Waals surface area contributed by atoms with E-state index in [1.807, 2.05) is 0 Å². The predicted molar refractivity (Wildman–Crippen MR) is 48.1 cm³/mol. The molecule has 0 rings (SSSR count). The van der Waals surface area contributed by atoms with Gasteiger partial charge in [0.2, 0.25) is 0 Å². The molecule has 0 radical (unpaired) electrons. The van der Waals surface area contributed by atoms with Gasteiger partial charge in [0, 0.05) is 35.2 Å². The molecular weight excluding hydrogens is 363 g/mol. The summed E-state index contributed by atoms with van der Waals surface area (Å²) in [6.07, 6.45) is -2.59. The maximum atomic E-state index is 10.3. The first-order chi connectivity index (χ1) is 7.78. The Bertz CT molecular complexity index is 408. The van der Waals surface area contributed by atoms with Crippen LogP contribution in [0.2, 0.25) is 0 Å². The van der Waals surface area contributed by atoms with E-state index >= 15 is 0 Å². The maximum Gasteiger partial charge on any atom is 2.00 e. The molecule has 0 aliphatic carbocycles. The van der Waals surface area contributed by atoms with Crippen LogP contribution in [0.3, 0.4) is 0 Å². The largest absolute Gasteiger partial charge is 2.00 e. The number of aliphatic carboxylic acids is 3. The predicted octanol–water partition coefficient (Wildman–Crippen LogP) is -5.64. The molecule has 0 saturated heterocycles. The van der Waals surface area contributed by atoms with Gasteiger partial charge in [0.25, 0.3) is 0 Å². The topological polar surface area (TPSA) is 218 Å². The smallest absolute Gasteiger partial charge is 0.759 e. The minimum Gasteiger partial charge on any atom is -0.759 e. The van der Waals surface area contributed by atoms with Gasteiger partial charge in [-0.2, -0.15) is 0 Å². The van der Waals surface area contributed by atoms with Gasteiger partial charge in [-0.3, -0.25) is 8.42 Å². The van der Waals surface area contributed by atoms with Crippen LogP contribution in [0.4, 0.5) is 0 Å². The van der Waals surface area contributed by atoms with Crippen molar-refractivity contribution in [1.29, 1.82) is 0 Å². The van der Waals surface area contributed by atoms with Crippen LogP contribution in [-0.2, 0) is 41.3 Å². The van der Waals surface area contributed by atoms with Gasteiger partial charge in [0.05, 0.1) is 0 Å². The van der Waals surface area contributed by atoms with Crippen LogP contribution in [0.1, 0.15) is 12.8 Å². The number of carbonyl (C=O) groups excluding carboxylic acids is 2. The molecule has 0 unspecified atom stereocenters. The number of rotatable bonds is 5. The average Bonchev–Trinajstić information content (AvgIpc) is 1.95. The first-order valence-electron chi connectivity index (χ1n) is 3.80. The van der Waals surface area contributed by atoms with E-state index in [1.54, 1.807) is 0 Å². The maximum absolute atomic E-state index is 10.3. The van der Waals surface area contributed by atoms with Crippen molar-refractivity contribution < 1.29 is 68.8 Å². The summed E-state index contributed by atoms with van der Waals surface area (Å²) in [5.74, 6) is -5.65. The zero-order valence-corrected chi connectivity index (χ0v) is 12.6. The number of aliphatic hydroxyl groups is 1. The molecule has 0 bridgehead atoms. The summed E-state index contributed by atoms with van der Waals surface area (Å²) >= 11 is 0. The third-order valence-electron chi connectivity index (χ3n) is 1.27. The SMILES string of the molecule is O=C([O-])CC(O)(CC(=O)[O-])C(=O)O.O=S(=O)([O-])[O-].[Mg+2].[Ni+2]. The number of hydrogen-bond donors (Lipinski definition) is 2. The van der Waals surface area contributed by atoms with Crippen LogP contribution in [0.5, 0.6) is 0 Å². The molecular formula is C6H6MgNiO11S. The van der Waals surface area contributed by atoms with E-state index in [0.717, 1.165) is 0 Å². The molecule has 0 heterocycles. The Hall–Kier alpha value is -0.500. The Morgan fingerprint density at radius 3 is 1.30 bits per heavy atom. The molecule has 0 aromatic carbocycles. The van der Waals surface area contributed by atoms with E-state index in [2.05, 4.69) is 0 Å². The molecule has 0 spiro atoms. The van der Waals surface area contributed by atoms with E-state index in [9.17, 15) is 24.6 Å². The van der Waals surface area contributed by atoms with Gasteiger partial charge in [-0.15, -0.1) is 0 Å². The number of carbonyl (C=O) groups is 3. The normalized spacial score (nSPS) is 9.95. The average molecular weight is 369 g/mol. The molecule has 0 amide bonds. The fourth-order valence-corrected chi connectivity index (χ4v) is 0.691. The summed E-state index contributed by atoms with van der Waals surface area (Å²) in [6.45, 7) is 0. The Balaban J connectivity index is -0.000000158. The summed E-state index contributed by atoms with van der Waals surface area (Å²) in [4.78, 5) is 30.2. The molecule has 2 N–H and O–H groups in total. The van der Waals surface area contributed by atoms with Crippen LogP contribution in [0.25, 0.3) is 0 Å². The molecule has 14 heteroatoms. The van der Waals surface area contributed by atoms with Crippen molar-refractivity contribution in [3.05, 3.63) is 0 Å². The molecule has 0 aromatic rings. The molecule has 20 heavy (non-hydrogen) atoms. The molecule has 0 aliphatic rings. The minimum atomic E-state index is -5.17. The van der Waals surface area contributed by atoms with E-state index in [0.29, 0.717) is 0 Å². The van der Waals surface area contributed by atoms with Gasteiger partial charge in [0.1, 0.15) is 0 Å². The molecule has 0 saturated carbocycles. The molecule has 0 atom stereocenters.